The number of rotatable bonds is 3. The van der Waals surface area contributed by atoms with Crippen molar-refractivity contribution < 1.29 is 14.0 Å². The van der Waals surface area contributed by atoms with Gasteiger partial charge in [-0.2, -0.15) is 5.10 Å². The lowest BCUT2D eigenvalue weighted by molar-refractivity contribution is -0.125. The molecule has 0 bridgehead atoms. The third kappa shape index (κ3) is 2.70. The summed E-state index contributed by atoms with van der Waals surface area (Å²) < 4.78 is 7.57. The van der Waals surface area contributed by atoms with Crippen molar-refractivity contribution in [1.29, 1.82) is 0 Å². The van der Waals surface area contributed by atoms with Crippen LogP contribution in [0.3, 0.4) is 0 Å². The quantitative estimate of drug-likeness (QED) is 0.774. The number of hydrogen-bond donors (Lipinski definition) is 1. The van der Waals surface area contributed by atoms with Gasteiger partial charge in [-0.1, -0.05) is 18.2 Å². The van der Waals surface area contributed by atoms with Crippen LogP contribution in [-0.2, 0) is 11.3 Å². The number of carbonyl (C=O) groups is 2. The Labute approximate surface area is 155 Å². The molecule has 7 nitrogen and oxygen atoms in total. The van der Waals surface area contributed by atoms with E-state index in [9.17, 15) is 9.59 Å². The number of aryl methyl sites for hydroxylation is 1. The first-order chi connectivity index (χ1) is 13.1. The fraction of sp³-hybridized carbons (Fsp3) is 0.350. The van der Waals surface area contributed by atoms with Crippen LogP contribution in [0.15, 0.2) is 40.9 Å². The monoisotopic (exact) mass is 364 g/mol. The second kappa shape index (κ2) is 5.97. The Balaban J connectivity index is 1.46. The summed E-state index contributed by atoms with van der Waals surface area (Å²) in [6.07, 6.45) is 3.71. The summed E-state index contributed by atoms with van der Waals surface area (Å²) in [5, 5.41) is 8.26. The van der Waals surface area contributed by atoms with E-state index in [1.165, 1.54) is 0 Å². The van der Waals surface area contributed by atoms with E-state index in [-0.39, 0.29) is 24.4 Å². The third-order valence-corrected chi connectivity index (χ3v) is 5.35. The van der Waals surface area contributed by atoms with Gasteiger partial charge in [-0.15, -0.1) is 0 Å². The first-order valence-electron chi connectivity index (χ1n) is 9.22. The van der Waals surface area contributed by atoms with Crippen LogP contribution in [0.2, 0.25) is 0 Å². The number of carbonyl (C=O) groups excluding carboxylic acids is 2. The number of para-hydroxylation sites is 1. The van der Waals surface area contributed by atoms with Gasteiger partial charge in [0.2, 0.25) is 5.91 Å². The molecule has 1 aliphatic carbocycles. The maximum Gasteiger partial charge on any atom is 0.290 e. The van der Waals surface area contributed by atoms with Gasteiger partial charge in [0.1, 0.15) is 11.6 Å². The highest BCUT2D eigenvalue weighted by atomic mass is 16.3. The van der Waals surface area contributed by atoms with Gasteiger partial charge in [0.25, 0.3) is 5.91 Å². The number of furan rings is 1. The van der Waals surface area contributed by atoms with Crippen molar-refractivity contribution in [2.75, 3.05) is 6.54 Å². The molecule has 2 amide bonds. The lowest BCUT2D eigenvalue weighted by atomic mass is 10.1. The predicted molar refractivity (Wildman–Crippen MR) is 98.1 cm³/mol. The Morgan fingerprint density at radius 2 is 2.04 bits per heavy atom. The fourth-order valence-corrected chi connectivity index (χ4v) is 3.69. The highest BCUT2D eigenvalue weighted by molar-refractivity contribution is 5.99. The van der Waals surface area contributed by atoms with E-state index in [2.05, 4.69) is 10.4 Å². The lowest BCUT2D eigenvalue weighted by Gasteiger charge is -2.32. The van der Waals surface area contributed by atoms with Crippen molar-refractivity contribution in [2.45, 2.75) is 38.4 Å². The smallest absolute Gasteiger partial charge is 0.290 e. The van der Waals surface area contributed by atoms with Crippen LogP contribution >= 0.6 is 0 Å². The summed E-state index contributed by atoms with van der Waals surface area (Å²) >= 11 is 0. The van der Waals surface area contributed by atoms with Gasteiger partial charge in [0.05, 0.1) is 18.8 Å². The molecular formula is C20H20N4O3. The zero-order valence-corrected chi connectivity index (χ0v) is 15.0. The van der Waals surface area contributed by atoms with E-state index >= 15 is 0 Å². The van der Waals surface area contributed by atoms with Gasteiger partial charge in [0.15, 0.2) is 5.76 Å². The molecule has 1 aliphatic heterocycles. The molecule has 27 heavy (non-hydrogen) atoms. The van der Waals surface area contributed by atoms with Crippen molar-refractivity contribution >= 4 is 22.8 Å². The Morgan fingerprint density at radius 3 is 2.81 bits per heavy atom. The molecule has 5 rings (SSSR count). The maximum atomic E-state index is 13.2. The molecule has 1 fully saturated rings. The summed E-state index contributed by atoms with van der Waals surface area (Å²) in [4.78, 5) is 27.6. The minimum Gasteiger partial charge on any atom is -0.451 e. The summed E-state index contributed by atoms with van der Waals surface area (Å²) in [6.45, 7) is 2.58. The van der Waals surface area contributed by atoms with E-state index < -0.39 is 6.04 Å². The van der Waals surface area contributed by atoms with E-state index in [0.29, 0.717) is 17.9 Å². The van der Waals surface area contributed by atoms with Crippen molar-refractivity contribution in [3.05, 3.63) is 53.5 Å². The number of hydrogen-bond acceptors (Lipinski definition) is 4. The van der Waals surface area contributed by atoms with Crippen molar-refractivity contribution in [3.8, 4) is 0 Å². The van der Waals surface area contributed by atoms with E-state index in [4.69, 9.17) is 4.42 Å². The fourth-order valence-electron chi connectivity index (χ4n) is 3.69. The molecule has 0 unspecified atom stereocenters. The SMILES string of the molecule is Cc1c(C(=O)N2Cc3ccnn3[C@@H](C(=O)NC3CC3)C2)oc2ccccc12. The number of nitrogens with one attached hydrogen (secondary N) is 1. The van der Waals surface area contributed by atoms with E-state index in [1.54, 1.807) is 15.8 Å². The van der Waals surface area contributed by atoms with Crippen molar-refractivity contribution in [1.82, 2.24) is 20.0 Å². The standard InChI is InChI=1S/C20H20N4O3/c1-12-15-4-2-3-5-17(15)27-18(12)20(26)23-10-14-8-9-21-24(14)16(11-23)19(25)22-13-6-7-13/h2-5,8-9,13,16H,6-7,10-11H2,1H3,(H,22,25)/t16-/m1/s1. The molecule has 1 atom stereocenters. The van der Waals surface area contributed by atoms with Crippen molar-refractivity contribution in [3.63, 3.8) is 0 Å². The van der Waals surface area contributed by atoms with E-state index in [1.807, 2.05) is 37.3 Å². The topological polar surface area (TPSA) is 80.4 Å². The Bertz CT molecular complexity index is 1050. The van der Waals surface area contributed by atoms with Crippen LogP contribution < -0.4 is 5.32 Å². The minimum absolute atomic E-state index is 0.0822. The molecule has 0 radical (unpaired) electrons. The summed E-state index contributed by atoms with van der Waals surface area (Å²) in [6, 6.07) is 9.22. The zero-order chi connectivity index (χ0) is 18.5. The van der Waals surface area contributed by atoms with Gasteiger partial charge in [-0.3, -0.25) is 14.3 Å². The van der Waals surface area contributed by atoms with Crippen LogP contribution in [0.1, 0.15) is 40.7 Å². The molecule has 1 saturated carbocycles. The Hall–Kier alpha value is -3.09. The predicted octanol–water partition coefficient (Wildman–Crippen LogP) is 2.41. The van der Waals surface area contributed by atoms with Crippen LogP contribution in [0.4, 0.5) is 0 Å². The summed E-state index contributed by atoms with van der Waals surface area (Å²) in [7, 11) is 0. The molecule has 1 aromatic carbocycles. The van der Waals surface area contributed by atoms with Gasteiger partial charge in [0, 0.05) is 23.2 Å². The molecule has 0 saturated heterocycles. The highest BCUT2D eigenvalue weighted by Crippen LogP contribution is 2.29. The third-order valence-electron chi connectivity index (χ3n) is 5.35. The maximum absolute atomic E-state index is 13.2. The average molecular weight is 364 g/mol. The molecular weight excluding hydrogens is 344 g/mol. The molecule has 2 aromatic heterocycles. The largest absolute Gasteiger partial charge is 0.451 e. The van der Waals surface area contributed by atoms with Gasteiger partial charge in [-0.25, -0.2) is 0 Å². The van der Waals surface area contributed by atoms with Crippen LogP contribution in [0.5, 0.6) is 0 Å². The molecule has 0 spiro atoms. The van der Waals surface area contributed by atoms with Gasteiger partial charge < -0.3 is 14.6 Å². The van der Waals surface area contributed by atoms with Crippen molar-refractivity contribution in [2.24, 2.45) is 0 Å². The normalized spacial score (nSPS) is 19.1. The summed E-state index contributed by atoms with van der Waals surface area (Å²) in [5.74, 6) is 0.0622. The van der Waals surface area contributed by atoms with Crippen LogP contribution in [-0.4, -0.2) is 39.1 Å². The first kappa shape index (κ1) is 16.1. The number of fused-ring (bicyclic) bond motifs is 2. The molecule has 2 aliphatic rings. The highest BCUT2D eigenvalue weighted by Gasteiger charge is 2.36. The Morgan fingerprint density at radius 1 is 1.22 bits per heavy atom. The number of nitrogens with zero attached hydrogens (tertiary/aromatic N) is 3. The molecule has 138 valence electrons. The molecule has 3 heterocycles. The summed E-state index contributed by atoms with van der Waals surface area (Å²) in [5.41, 5.74) is 2.37. The second-order valence-electron chi connectivity index (χ2n) is 7.30. The molecule has 3 aromatic rings. The zero-order valence-electron chi connectivity index (χ0n) is 15.0. The van der Waals surface area contributed by atoms with E-state index in [0.717, 1.165) is 29.5 Å². The first-order valence-corrected chi connectivity index (χ1v) is 9.22. The second-order valence-corrected chi connectivity index (χ2v) is 7.30. The van der Waals surface area contributed by atoms with Crippen LogP contribution in [0, 0.1) is 6.92 Å². The van der Waals surface area contributed by atoms with Gasteiger partial charge in [-0.05, 0) is 31.9 Å². The number of aromatic nitrogens is 2. The molecule has 1 N–H and O–H groups in total. The number of benzene rings is 1. The Kier molecular flexibility index (Phi) is 3.56. The number of amides is 2. The molecule has 7 heteroatoms. The van der Waals surface area contributed by atoms with Crippen LogP contribution in [0.25, 0.3) is 11.0 Å². The minimum atomic E-state index is -0.516. The lowest BCUT2D eigenvalue weighted by Crippen LogP contribution is -2.47. The average Bonchev–Trinajstić information content (AvgIpc) is 3.25. The van der Waals surface area contributed by atoms with Gasteiger partial charge >= 0.3 is 0 Å².